The zero-order chi connectivity index (χ0) is 10.3. The third-order valence-electron chi connectivity index (χ3n) is 2.43. The van der Waals surface area contributed by atoms with Crippen LogP contribution in [0.25, 0.3) is 21.7 Å². The van der Waals surface area contributed by atoms with Crippen LogP contribution in [0.1, 0.15) is 0 Å². The van der Waals surface area contributed by atoms with Crippen molar-refractivity contribution in [3.8, 4) is 0 Å². The van der Waals surface area contributed by atoms with E-state index in [2.05, 4.69) is 15.0 Å². The molecule has 0 fully saturated rings. The number of hydrogen-bond donors (Lipinski definition) is 1. The minimum absolute atomic E-state index is 0.126. The molecule has 1 N–H and O–H groups in total. The lowest BCUT2D eigenvalue weighted by Gasteiger charge is -2.01. The Morgan fingerprint density at radius 2 is 1.67 bits per heavy atom. The van der Waals surface area contributed by atoms with Crippen LogP contribution in [0.5, 0.6) is 0 Å². The van der Waals surface area contributed by atoms with Gasteiger partial charge in [0.25, 0.3) is 5.56 Å². The summed E-state index contributed by atoms with van der Waals surface area (Å²) >= 11 is 0. The Balaban J connectivity index is 2.70. The molecule has 0 radical (unpaired) electrons. The van der Waals surface area contributed by atoms with Crippen LogP contribution < -0.4 is 5.56 Å². The lowest BCUT2D eigenvalue weighted by Crippen LogP contribution is -2.06. The fourth-order valence-corrected chi connectivity index (χ4v) is 1.73. The van der Waals surface area contributed by atoms with Crippen molar-refractivity contribution in [2.24, 2.45) is 0 Å². The molecule has 0 unspecified atom stereocenters. The third kappa shape index (κ3) is 1.11. The zero-order valence-corrected chi connectivity index (χ0v) is 7.77. The first kappa shape index (κ1) is 8.11. The lowest BCUT2D eigenvalue weighted by atomic mass is 10.1. The molecule has 0 spiro atoms. The summed E-state index contributed by atoms with van der Waals surface area (Å²) in [5.74, 6) is 0. The Morgan fingerprint density at radius 3 is 2.53 bits per heavy atom. The molecule has 15 heavy (non-hydrogen) atoms. The van der Waals surface area contributed by atoms with Crippen molar-refractivity contribution in [3.05, 3.63) is 47.3 Å². The standard InChI is InChI=1S/C11H7N3O/c15-11-9-5-12-3-1-7(9)8-2-4-13-6-10(8)14-11/h1-6H,(H,14,15). The fraction of sp³-hybridized carbons (Fsp3) is 0. The maximum Gasteiger partial charge on any atom is 0.257 e. The number of aromatic amines is 1. The molecule has 0 saturated carbocycles. The van der Waals surface area contributed by atoms with Crippen molar-refractivity contribution in [2.75, 3.05) is 0 Å². The van der Waals surface area contributed by atoms with E-state index in [1.807, 2.05) is 12.1 Å². The number of H-pyrrole nitrogens is 1. The fourth-order valence-electron chi connectivity index (χ4n) is 1.73. The maximum absolute atomic E-state index is 11.7. The second-order valence-corrected chi connectivity index (χ2v) is 3.30. The van der Waals surface area contributed by atoms with Crippen LogP contribution in [0.3, 0.4) is 0 Å². The summed E-state index contributed by atoms with van der Waals surface area (Å²) < 4.78 is 0. The minimum Gasteiger partial charge on any atom is -0.320 e. The summed E-state index contributed by atoms with van der Waals surface area (Å²) in [5, 5.41) is 2.50. The number of hydrogen-bond acceptors (Lipinski definition) is 3. The first-order valence-electron chi connectivity index (χ1n) is 4.56. The van der Waals surface area contributed by atoms with E-state index in [4.69, 9.17) is 0 Å². The molecular formula is C11H7N3O. The van der Waals surface area contributed by atoms with Gasteiger partial charge < -0.3 is 4.98 Å². The Labute approximate surface area is 84.6 Å². The molecule has 0 aliphatic heterocycles. The van der Waals surface area contributed by atoms with Crippen LogP contribution in [0, 0.1) is 0 Å². The van der Waals surface area contributed by atoms with Gasteiger partial charge in [-0.3, -0.25) is 14.8 Å². The van der Waals surface area contributed by atoms with Gasteiger partial charge in [0, 0.05) is 24.0 Å². The molecule has 0 amide bonds. The van der Waals surface area contributed by atoms with Crippen LogP contribution >= 0.6 is 0 Å². The van der Waals surface area contributed by atoms with Crippen molar-refractivity contribution in [1.82, 2.24) is 15.0 Å². The Kier molecular flexibility index (Phi) is 1.56. The number of aromatic nitrogens is 3. The average Bonchev–Trinajstić information content (AvgIpc) is 2.30. The zero-order valence-electron chi connectivity index (χ0n) is 7.77. The molecule has 0 aromatic carbocycles. The smallest absolute Gasteiger partial charge is 0.257 e. The van der Waals surface area contributed by atoms with Crippen LogP contribution in [0.4, 0.5) is 0 Å². The molecule has 0 saturated heterocycles. The SMILES string of the molecule is O=c1[nH]c2cnccc2c2ccncc12. The van der Waals surface area contributed by atoms with E-state index in [9.17, 15) is 4.79 Å². The number of nitrogens with zero attached hydrogens (tertiary/aromatic N) is 2. The van der Waals surface area contributed by atoms with E-state index in [0.717, 1.165) is 16.3 Å². The van der Waals surface area contributed by atoms with Gasteiger partial charge in [0.1, 0.15) is 0 Å². The van der Waals surface area contributed by atoms with E-state index in [1.165, 1.54) is 0 Å². The molecule has 0 atom stereocenters. The maximum atomic E-state index is 11.7. The van der Waals surface area contributed by atoms with Gasteiger partial charge in [-0.05, 0) is 17.5 Å². The molecule has 0 aliphatic rings. The molecule has 3 aromatic rings. The highest BCUT2D eigenvalue weighted by atomic mass is 16.1. The minimum atomic E-state index is -0.126. The van der Waals surface area contributed by atoms with Gasteiger partial charge in [-0.25, -0.2) is 0 Å². The molecule has 3 heterocycles. The first-order valence-corrected chi connectivity index (χ1v) is 4.56. The van der Waals surface area contributed by atoms with E-state index < -0.39 is 0 Å². The van der Waals surface area contributed by atoms with Gasteiger partial charge in [0.2, 0.25) is 0 Å². The van der Waals surface area contributed by atoms with Gasteiger partial charge in [0.15, 0.2) is 0 Å². The highest BCUT2D eigenvalue weighted by molar-refractivity contribution is 6.04. The van der Waals surface area contributed by atoms with E-state index in [0.29, 0.717) is 5.39 Å². The summed E-state index contributed by atoms with van der Waals surface area (Å²) in [5.41, 5.74) is 0.625. The number of pyridine rings is 3. The van der Waals surface area contributed by atoms with Crippen LogP contribution in [-0.4, -0.2) is 15.0 Å². The number of fused-ring (bicyclic) bond motifs is 3. The van der Waals surface area contributed by atoms with E-state index in [1.54, 1.807) is 24.8 Å². The molecule has 4 heteroatoms. The van der Waals surface area contributed by atoms with E-state index >= 15 is 0 Å². The van der Waals surface area contributed by atoms with E-state index in [-0.39, 0.29) is 5.56 Å². The number of nitrogens with one attached hydrogen (secondary N) is 1. The van der Waals surface area contributed by atoms with Crippen molar-refractivity contribution >= 4 is 21.7 Å². The van der Waals surface area contributed by atoms with Gasteiger partial charge in [-0.2, -0.15) is 0 Å². The third-order valence-corrected chi connectivity index (χ3v) is 2.43. The normalized spacial score (nSPS) is 10.9. The van der Waals surface area contributed by atoms with Gasteiger partial charge in [-0.1, -0.05) is 0 Å². The van der Waals surface area contributed by atoms with Gasteiger partial charge in [0.05, 0.1) is 17.1 Å². The van der Waals surface area contributed by atoms with Crippen LogP contribution in [0.15, 0.2) is 41.7 Å². The molecule has 72 valence electrons. The average molecular weight is 197 g/mol. The molecule has 4 nitrogen and oxygen atoms in total. The van der Waals surface area contributed by atoms with Crippen LogP contribution in [0.2, 0.25) is 0 Å². The first-order chi connectivity index (χ1) is 7.36. The second-order valence-electron chi connectivity index (χ2n) is 3.30. The number of rotatable bonds is 0. The topological polar surface area (TPSA) is 58.6 Å². The lowest BCUT2D eigenvalue weighted by molar-refractivity contribution is 1.27. The predicted octanol–water partition coefficient (Wildman–Crippen LogP) is 1.47. The van der Waals surface area contributed by atoms with Gasteiger partial charge in [-0.15, -0.1) is 0 Å². The highest BCUT2D eigenvalue weighted by Crippen LogP contribution is 2.18. The molecule has 0 aliphatic carbocycles. The van der Waals surface area contributed by atoms with Crippen molar-refractivity contribution in [2.45, 2.75) is 0 Å². The quantitative estimate of drug-likeness (QED) is 0.555. The van der Waals surface area contributed by atoms with Gasteiger partial charge >= 0.3 is 0 Å². The van der Waals surface area contributed by atoms with Crippen molar-refractivity contribution in [3.63, 3.8) is 0 Å². The van der Waals surface area contributed by atoms with Crippen molar-refractivity contribution < 1.29 is 0 Å². The molecular weight excluding hydrogens is 190 g/mol. The molecule has 0 bridgehead atoms. The summed E-state index contributed by atoms with van der Waals surface area (Å²) in [6.07, 6.45) is 6.62. The highest BCUT2D eigenvalue weighted by Gasteiger charge is 2.03. The largest absolute Gasteiger partial charge is 0.320 e. The predicted molar refractivity (Wildman–Crippen MR) is 57.7 cm³/mol. The summed E-state index contributed by atoms with van der Waals surface area (Å²) in [4.78, 5) is 22.4. The van der Waals surface area contributed by atoms with Crippen LogP contribution in [-0.2, 0) is 0 Å². The molecule has 3 rings (SSSR count). The summed E-state index contributed by atoms with van der Waals surface area (Å²) in [6.45, 7) is 0. The Morgan fingerprint density at radius 1 is 0.933 bits per heavy atom. The summed E-state index contributed by atoms with van der Waals surface area (Å²) in [6, 6.07) is 3.72. The second kappa shape index (κ2) is 2.88. The van der Waals surface area contributed by atoms with Crippen molar-refractivity contribution in [1.29, 1.82) is 0 Å². The molecule has 3 aromatic heterocycles. The Hall–Kier alpha value is -2.23. The summed E-state index contributed by atoms with van der Waals surface area (Å²) in [7, 11) is 0. The Bertz CT molecular complexity index is 703. The monoisotopic (exact) mass is 197 g/mol.